The standard InChI is InChI=1S/C15H17N3O/c16-14(10-12-6-2-1-3-7-12)15(19)18-11-13-8-4-5-9-17-13/h1-9,14H,10-11,16H2,(H,18,19)/t14-/m0/s1. The van der Waals surface area contributed by atoms with Crippen LogP contribution in [0.1, 0.15) is 11.3 Å². The number of rotatable bonds is 5. The van der Waals surface area contributed by atoms with Crippen LogP contribution >= 0.6 is 0 Å². The van der Waals surface area contributed by atoms with Crippen molar-refractivity contribution in [1.29, 1.82) is 0 Å². The zero-order valence-electron chi connectivity index (χ0n) is 10.6. The molecular formula is C15H17N3O. The SMILES string of the molecule is N[C@@H](Cc1ccccc1)C(=O)NCc1ccccn1. The summed E-state index contributed by atoms with van der Waals surface area (Å²) in [5.41, 5.74) is 7.76. The van der Waals surface area contributed by atoms with Crippen LogP contribution in [-0.4, -0.2) is 16.9 Å². The maximum absolute atomic E-state index is 11.9. The van der Waals surface area contributed by atoms with Crippen LogP contribution in [0.3, 0.4) is 0 Å². The summed E-state index contributed by atoms with van der Waals surface area (Å²) >= 11 is 0. The summed E-state index contributed by atoms with van der Waals surface area (Å²) in [7, 11) is 0. The largest absolute Gasteiger partial charge is 0.349 e. The molecule has 1 heterocycles. The Labute approximate surface area is 112 Å². The van der Waals surface area contributed by atoms with Crippen molar-refractivity contribution in [2.24, 2.45) is 5.73 Å². The van der Waals surface area contributed by atoms with Crippen molar-refractivity contribution in [3.8, 4) is 0 Å². The van der Waals surface area contributed by atoms with E-state index < -0.39 is 6.04 Å². The zero-order chi connectivity index (χ0) is 13.5. The molecule has 1 amide bonds. The Morgan fingerprint density at radius 1 is 1.16 bits per heavy atom. The van der Waals surface area contributed by atoms with Crippen molar-refractivity contribution < 1.29 is 4.79 Å². The highest BCUT2D eigenvalue weighted by molar-refractivity contribution is 5.81. The zero-order valence-corrected chi connectivity index (χ0v) is 10.6. The van der Waals surface area contributed by atoms with E-state index in [1.54, 1.807) is 6.20 Å². The summed E-state index contributed by atoms with van der Waals surface area (Å²) in [5, 5.41) is 2.79. The van der Waals surface area contributed by atoms with Gasteiger partial charge in [-0.05, 0) is 24.1 Å². The highest BCUT2D eigenvalue weighted by atomic mass is 16.2. The van der Waals surface area contributed by atoms with Crippen molar-refractivity contribution in [2.75, 3.05) is 0 Å². The Morgan fingerprint density at radius 2 is 1.89 bits per heavy atom. The first-order valence-corrected chi connectivity index (χ1v) is 6.23. The van der Waals surface area contributed by atoms with E-state index in [0.29, 0.717) is 13.0 Å². The van der Waals surface area contributed by atoms with E-state index in [9.17, 15) is 4.79 Å². The second-order valence-corrected chi connectivity index (χ2v) is 4.34. The molecule has 0 aliphatic heterocycles. The smallest absolute Gasteiger partial charge is 0.237 e. The third-order valence-corrected chi connectivity index (χ3v) is 2.81. The van der Waals surface area contributed by atoms with Gasteiger partial charge >= 0.3 is 0 Å². The van der Waals surface area contributed by atoms with Crippen LogP contribution in [0.5, 0.6) is 0 Å². The number of benzene rings is 1. The van der Waals surface area contributed by atoms with Gasteiger partial charge in [0.25, 0.3) is 0 Å². The van der Waals surface area contributed by atoms with Gasteiger partial charge in [0.2, 0.25) is 5.91 Å². The van der Waals surface area contributed by atoms with Crippen LogP contribution in [0.2, 0.25) is 0 Å². The first-order chi connectivity index (χ1) is 9.25. The van der Waals surface area contributed by atoms with Gasteiger partial charge in [-0.25, -0.2) is 0 Å². The molecule has 0 aliphatic rings. The molecule has 4 nitrogen and oxygen atoms in total. The molecule has 0 spiro atoms. The molecule has 0 fully saturated rings. The minimum atomic E-state index is -0.536. The van der Waals surface area contributed by atoms with E-state index in [2.05, 4.69) is 10.3 Å². The molecule has 0 unspecified atom stereocenters. The van der Waals surface area contributed by atoms with E-state index in [-0.39, 0.29) is 5.91 Å². The number of hydrogen-bond acceptors (Lipinski definition) is 3. The number of carbonyl (C=O) groups excluding carboxylic acids is 1. The van der Waals surface area contributed by atoms with Crippen molar-refractivity contribution in [1.82, 2.24) is 10.3 Å². The molecule has 3 N–H and O–H groups in total. The molecule has 2 aromatic rings. The molecule has 98 valence electrons. The average Bonchev–Trinajstić information content (AvgIpc) is 2.47. The van der Waals surface area contributed by atoms with Gasteiger partial charge < -0.3 is 11.1 Å². The van der Waals surface area contributed by atoms with E-state index in [0.717, 1.165) is 11.3 Å². The molecule has 2 rings (SSSR count). The Balaban J connectivity index is 1.83. The summed E-state index contributed by atoms with van der Waals surface area (Å²) in [6.07, 6.45) is 2.24. The molecule has 1 atom stereocenters. The number of hydrogen-bond donors (Lipinski definition) is 2. The van der Waals surface area contributed by atoms with Gasteiger partial charge in [0.1, 0.15) is 0 Å². The van der Waals surface area contributed by atoms with Crippen molar-refractivity contribution >= 4 is 5.91 Å². The van der Waals surface area contributed by atoms with E-state index >= 15 is 0 Å². The van der Waals surface area contributed by atoms with Crippen LogP contribution in [0, 0.1) is 0 Å². The lowest BCUT2D eigenvalue weighted by atomic mass is 10.1. The first-order valence-electron chi connectivity index (χ1n) is 6.23. The second-order valence-electron chi connectivity index (χ2n) is 4.34. The number of carbonyl (C=O) groups is 1. The fourth-order valence-electron chi connectivity index (χ4n) is 1.77. The molecular weight excluding hydrogens is 238 g/mol. The molecule has 0 saturated heterocycles. The van der Waals surface area contributed by atoms with Crippen LogP contribution in [0.25, 0.3) is 0 Å². The van der Waals surface area contributed by atoms with E-state index in [1.807, 2.05) is 48.5 Å². The maximum Gasteiger partial charge on any atom is 0.237 e. The fourth-order valence-corrected chi connectivity index (χ4v) is 1.77. The average molecular weight is 255 g/mol. The van der Waals surface area contributed by atoms with E-state index in [4.69, 9.17) is 5.73 Å². The van der Waals surface area contributed by atoms with E-state index in [1.165, 1.54) is 0 Å². The number of nitrogens with two attached hydrogens (primary N) is 1. The molecule has 0 bridgehead atoms. The summed E-state index contributed by atoms with van der Waals surface area (Å²) in [6.45, 7) is 0.405. The lowest BCUT2D eigenvalue weighted by molar-refractivity contribution is -0.122. The lowest BCUT2D eigenvalue weighted by Gasteiger charge is -2.12. The Morgan fingerprint density at radius 3 is 2.58 bits per heavy atom. The number of pyridine rings is 1. The number of aromatic nitrogens is 1. The first kappa shape index (κ1) is 13.2. The molecule has 0 aliphatic carbocycles. The van der Waals surface area contributed by atoms with Crippen LogP contribution in [-0.2, 0) is 17.8 Å². The molecule has 1 aromatic heterocycles. The Hall–Kier alpha value is -2.20. The van der Waals surface area contributed by atoms with Crippen LogP contribution < -0.4 is 11.1 Å². The highest BCUT2D eigenvalue weighted by Crippen LogP contribution is 2.02. The van der Waals surface area contributed by atoms with Gasteiger partial charge in [-0.2, -0.15) is 0 Å². The third-order valence-electron chi connectivity index (χ3n) is 2.81. The summed E-state index contributed by atoms with van der Waals surface area (Å²) in [5.74, 6) is -0.158. The van der Waals surface area contributed by atoms with Gasteiger partial charge in [0.15, 0.2) is 0 Å². The predicted molar refractivity (Wildman–Crippen MR) is 74.2 cm³/mol. The summed E-state index contributed by atoms with van der Waals surface area (Å²) in [4.78, 5) is 16.0. The second kappa shape index (κ2) is 6.66. The summed E-state index contributed by atoms with van der Waals surface area (Å²) in [6, 6.07) is 14.8. The minimum Gasteiger partial charge on any atom is -0.349 e. The third kappa shape index (κ3) is 4.19. The maximum atomic E-state index is 11.9. The monoisotopic (exact) mass is 255 g/mol. The summed E-state index contributed by atoms with van der Waals surface area (Å²) < 4.78 is 0. The molecule has 1 aromatic carbocycles. The quantitative estimate of drug-likeness (QED) is 0.845. The highest BCUT2D eigenvalue weighted by Gasteiger charge is 2.13. The van der Waals surface area contributed by atoms with Crippen LogP contribution in [0.15, 0.2) is 54.7 Å². The Bertz CT molecular complexity index is 513. The van der Waals surface area contributed by atoms with Crippen LogP contribution in [0.4, 0.5) is 0 Å². The van der Waals surface area contributed by atoms with Gasteiger partial charge in [-0.1, -0.05) is 36.4 Å². The number of nitrogens with zero attached hydrogens (tertiary/aromatic N) is 1. The Kier molecular flexibility index (Phi) is 4.64. The predicted octanol–water partition coefficient (Wildman–Crippen LogP) is 1.27. The number of amides is 1. The van der Waals surface area contributed by atoms with Gasteiger partial charge in [0.05, 0.1) is 18.3 Å². The van der Waals surface area contributed by atoms with Gasteiger partial charge in [0, 0.05) is 6.20 Å². The lowest BCUT2D eigenvalue weighted by Crippen LogP contribution is -2.41. The fraction of sp³-hybridized carbons (Fsp3) is 0.200. The molecule has 0 radical (unpaired) electrons. The van der Waals surface area contributed by atoms with Crippen molar-refractivity contribution in [3.05, 3.63) is 66.0 Å². The topological polar surface area (TPSA) is 68.0 Å². The minimum absolute atomic E-state index is 0.158. The number of nitrogens with one attached hydrogen (secondary N) is 1. The van der Waals surface area contributed by atoms with Crippen molar-refractivity contribution in [2.45, 2.75) is 19.0 Å². The molecule has 0 saturated carbocycles. The molecule has 4 heteroatoms. The van der Waals surface area contributed by atoms with Gasteiger partial charge in [-0.15, -0.1) is 0 Å². The van der Waals surface area contributed by atoms with Crippen molar-refractivity contribution in [3.63, 3.8) is 0 Å². The normalized spacial score (nSPS) is 11.8. The molecule has 19 heavy (non-hydrogen) atoms. The van der Waals surface area contributed by atoms with Gasteiger partial charge in [-0.3, -0.25) is 9.78 Å².